The van der Waals surface area contributed by atoms with Gasteiger partial charge in [0.15, 0.2) is 0 Å². The monoisotopic (exact) mass is 419 g/mol. The van der Waals surface area contributed by atoms with Crippen LogP contribution in [0.4, 0.5) is 0 Å². The van der Waals surface area contributed by atoms with Crippen molar-refractivity contribution in [3.63, 3.8) is 0 Å². The minimum Gasteiger partial charge on any atom is -0.495 e. The molecule has 1 amide bonds. The van der Waals surface area contributed by atoms with Gasteiger partial charge in [0.2, 0.25) is 0 Å². The van der Waals surface area contributed by atoms with Gasteiger partial charge in [0.05, 0.1) is 37.0 Å². The maximum Gasteiger partial charge on any atom is 0.256 e. The van der Waals surface area contributed by atoms with Gasteiger partial charge in [-0.2, -0.15) is 15.0 Å². The Labute approximate surface area is 183 Å². The molecular formula is C24H29N5O2. The third-order valence-electron chi connectivity index (χ3n) is 6.12. The zero-order valence-electron chi connectivity index (χ0n) is 18.4. The predicted molar refractivity (Wildman–Crippen MR) is 118 cm³/mol. The van der Waals surface area contributed by atoms with Gasteiger partial charge in [0, 0.05) is 18.3 Å². The van der Waals surface area contributed by atoms with Crippen LogP contribution in [-0.2, 0) is 6.42 Å². The van der Waals surface area contributed by atoms with Crippen LogP contribution in [0, 0.1) is 12.8 Å². The molecular weight excluding hydrogens is 390 g/mol. The summed E-state index contributed by atoms with van der Waals surface area (Å²) < 4.78 is 5.20. The molecule has 0 bridgehead atoms. The number of pyridine rings is 1. The second-order valence-electron chi connectivity index (χ2n) is 8.25. The summed E-state index contributed by atoms with van der Waals surface area (Å²) in [5.41, 5.74) is 3.43. The number of ether oxygens (including phenoxy) is 1. The van der Waals surface area contributed by atoms with Gasteiger partial charge in [-0.15, -0.1) is 0 Å². The van der Waals surface area contributed by atoms with E-state index in [1.165, 1.54) is 4.80 Å². The van der Waals surface area contributed by atoms with E-state index in [1.54, 1.807) is 25.7 Å². The largest absolute Gasteiger partial charge is 0.495 e. The number of amides is 1. The maximum absolute atomic E-state index is 13.7. The third-order valence-corrected chi connectivity index (χ3v) is 6.12. The maximum atomic E-state index is 13.7. The quantitative estimate of drug-likeness (QED) is 0.607. The molecule has 0 unspecified atom stereocenters. The number of methoxy groups -OCH3 is 1. The fourth-order valence-corrected chi connectivity index (χ4v) is 4.41. The molecule has 3 heterocycles. The van der Waals surface area contributed by atoms with Crippen molar-refractivity contribution in [3.8, 4) is 11.4 Å². The zero-order chi connectivity index (χ0) is 21.8. The van der Waals surface area contributed by atoms with Gasteiger partial charge in [-0.1, -0.05) is 18.6 Å². The third kappa shape index (κ3) is 4.60. The summed E-state index contributed by atoms with van der Waals surface area (Å²) in [7, 11) is 1.64. The second kappa shape index (κ2) is 9.29. The molecule has 1 saturated heterocycles. The first kappa shape index (κ1) is 21.0. The summed E-state index contributed by atoms with van der Waals surface area (Å²) in [5.74, 6) is 1.24. The first-order valence-corrected chi connectivity index (χ1v) is 10.8. The highest BCUT2D eigenvalue weighted by molar-refractivity contribution is 5.98. The van der Waals surface area contributed by atoms with Crippen LogP contribution in [0.1, 0.15) is 47.8 Å². The van der Waals surface area contributed by atoms with Crippen LogP contribution < -0.4 is 4.74 Å². The summed E-state index contributed by atoms with van der Waals surface area (Å²) in [4.78, 5) is 21.8. The number of benzene rings is 1. The molecule has 7 heteroatoms. The summed E-state index contributed by atoms with van der Waals surface area (Å²) in [6.07, 6.45) is 8.86. The molecule has 7 nitrogen and oxygen atoms in total. The number of hydrogen-bond acceptors (Lipinski definition) is 5. The van der Waals surface area contributed by atoms with E-state index in [-0.39, 0.29) is 11.9 Å². The Morgan fingerprint density at radius 3 is 2.71 bits per heavy atom. The number of aromatic nitrogens is 4. The van der Waals surface area contributed by atoms with Crippen molar-refractivity contribution in [2.75, 3.05) is 13.7 Å². The number of carbonyl (C=O) groups excluding carboxylic acids is 1. The standard InChI is InChI=1S/C24H29N5O2/c1-17-6-10-23(29-26-12-13-27-29)21(15-17)24(30)28-14-4-5-18(2)22(28)11-8-19-7-9-20(31-3)16-25-19/h6-7,9-10,12-13,15-16,18,22H,4-5,8,11,14H2,1-3H3/t18-,22-/m1/s1. The Kier molecular flexibility index (Phi) is 6.30. The van der Waals surface area contributed by atoms with Gasteiger partial charge in [0.1, 0.15) is 5.75 Å². The lowest BCUT2D eigenvalue weighted by Gasteiger charge is -2.40. The van der Waals surface area contributed by atoms with E-state index in [0.29, 0.717) is 11.5 Å². The molecule has 2 atom stereocenters. The van der Waals surface area contributed by atoms with Crippen LogP contribution in [0.15, 0.2) is 48.9 Å². The van der Waals surface area contributed by atoms with Crippen molar-refractivity contribution in [2.45, 2.75) is 45.6 Å². The molecule has 3 aromatic rings. The molecule has 1 fully saturated rings. The molecule has 0 aliphatic carbocycles. The average molecular weight is 420 g/mol. The number of aryl methyl sites for hydroxylation is 2. The van der Waals surface area contributed by atoms with E-state index >= 15 is 0 Å². The summed E-state index contributed by atoms with van der Waals surface area (Å²) >= 11 is 0. The minimum absolute atomic E-state index is 0.0511. The lowest BCUT2D eigenvalue weighted by Crippen LogP contribution is -2.48. The van der Waals surface area contributed by atoms with E-state index in [0.717, 1.165) is 54.9 Å². The predicted octanol–water partition coefficient (Wildman–Crippen LogP) is 3.85. The van der Waals surface area contributed by atoms with Crippen LogP contribution in [0.2, 0.25) is 0 Å². The molecule has 2 aromatic heterocycles. The molecule has 4 rings (SSSR count). The summed E-state index contributed by atoms with van der Waals surface area (Å²) in [6.45, 7) is 5.02. The van der Waals surface area contributed by atoms with Crippen molar-refractivity contribution < 1.29 is 9.53 Å². The Balaban J connectivity index is 1.57. The number of carbonyl (C=O) groups is 1. The van der Waals surface area contributed by atoms with Crippen molar-refractivity contribution in [1.29, 1.82) is 0 Å². The Bertz CT molecular complexity index is 1020. The lowest BCUT2D eigenvalue weighted by molar-refractivity contribution is 0.0498. The topological polar surface area (TPSA) is 73.1 Å². The molecule has 31 heavy (non-hydrogen) atoms. The van der Waals surface area contributed by atoms with E-state index < -0.39 is 0 Å². The normalized spacial score (nSPS) is 18.7. The lowest BCUT2D eigenvalue weighted by atomic mass is 9.86. The number of likely N-dealkylation sites (tertiary alicyclic amines) is 1. The smallest absolute Gasteiger partial charge is 0.256 e. The molecule has 0 spiro atoms. The Morgan fingerprint density at radius 1 is 1.19 bits per heavy atom. The highest BCUT2D eigenvalue weighted by Gasteiger charge is 2.33. The first-order valence-electron chi connectivity index (χ1n) is 10.8. The number of piperidine rings is 1. The summed E-state index contributed by atoms with van der Waals surface area (Å²) in [5, 5.41) is 8.49. The van der Waals surface area contributed by atoms with Gasteiger partial charge in [-0.25, -0.2) is 0 Å². The molecule has 0 N–H and O–H groups in total. The molecule has 162 valence electrons. The van der Waals surface area contributed by atoms with E-state index in [2.05, 4.69) is 27.0 Å². The van der Waals surface area contributed by atoms with Gasteiger partial charge in [-0.3, -0.25) is 9.78 Å². The van der Waals surface area contributed by atoms with Crippen molar-refractivity contribution in [3.05, 3.63) is 65.7 Å². The van der Waals surface area contributed by atoms with Crippen LogP contribution in [0.5, 0.6) is 5.75 Å². The van der Waals surface area contributed by atoms with Crippen LogP contribution >= 0.6 is 0 Å². The van der Waals surface area contributed by atoms with Gasteiger partial charge in [-0.05, 0) is 62.8 Å². The zero-order valence-corrected chi connectivity index (χ0v) is 18.4. The first-order chi connectivity index (χ1) is 15.1. The highest BCUT2D eigenvalue weighted by atomic mass is 16.5. The van der Waals surface area contributed by atoms with E-state index in [1.807, 2.05) is 37.3 Å². The van der Waals surface area contributed by atoms with E-state index in [9.17, 15) is 4.79 Å². The van der Waals surface area contributed by atoms with Crippen molar-refractivity contribution in [2.24, 2.45) is 5.92 Å². The average Bonchev–Trinajstić information content (AvgIpc) is 3.32. The SMILES string of the molecule is COc1ccc(CC[C@@H]2[C@H](C)CCCN2C(=O)c2cc(C)ccc2-n2nccn2)nc1. The van der Waals surface area contributed by atoms with Gasteiger partial charge in [0.25, 0.3) is 5.91 Å². The van der Waals surface area contributed by atoms with Crippen LogP contribution in [-0.4, -0.2) is 50.5 Å². The highest BCUT2D eigenvalue weighted by Crippen LogP contribution is 2.29. The number of rotatable bonds is 6. The second-order valence-corrected chi connectivity index (χ2v) is 8.25. The molecule has 1 aliphatic heterocycles. The summed E-state index contributed by atoms with van der Waals surface area (Å²) in [6, 6.07) is 9.96. The van der Waals surface area contributed by atoms with Crippen LogP contribution in [0.25, 0.3) is 5.69 Å². The van der Waals surface area contributed by atoms with E-state index in [4.69, 9.17) is 4.74 Å². The van der Waals surface area contributed by atoms with Crippen molar-refractivity contribution >= 4 is 5.91 Å². The fourth-order valence-electron chi connectivity index (χ4n) is 4.41. The van der Waals surface area contributed by atoms with Gasteiger partial charge < -0.3 is 9.64 Å². The Morgan fingerprint density at radius 2 is 2.00 bits per heavy atom. The Hall–Kier alpha value is -3.22. The van der Waals surface area contributed by atoms with Crippen LogP contribution in [0.3, 0.4) is 0 Å². The molecule has 1 aromatic carbocycles. The fraction of sp³-hybridized carbons (Fsp3) is 0.417. The number of nitrogens with zero attached hydrogens (tertiary/aromatic N) is 5. The molecule has 1 aliphatic rings. The molecule has 0 saturated carbocycles. The van der Waals surface area contributed by atoms with Gasteiger partial charge >= 0.3 is 0 Å². The number of hydrogen-bond donors (Lipinski definition) is 0. The van der Waals surface area contributed by atoms with Crippen molar-refractivity contribution in [1.82, 2.24) is 24.9 Å². The minimum atomic E-state index is 0.0511. The molecule has 0 radical (unpaired) electrons.